The Labute approximate surface area is 171 Å². The predicted molar refractivity (Wildman–Crippen MR) is 116 cm³/mol. The smallest absolute Gasteiger partial charge is 0.313 e. The Balaban J connectivity index is 1.82. The fraction of sp³-hybridized carbons (Fsp3) is 0.409. The van der Waals surface area contributed by atoms with E-state index in [9.17, 15) is 9.59 Å². The van der Waals surface area contributed by atoms with Gasteiger partial charge in [-0.25, -0.2) is 4.98 Å². The Morgan fingerprint density at radius 1 is 1.24 bits per heavy atom. The molecule has 7 nitrogen and oxygen atoms in total. The molecule has 1 aromatic carbocycles. The van der Waals surface area contributed by atoms with Crippen molar-refractivity contribution in [3.63, 3.8) is 0 Å². The zero-order chi connectivity index (χ0) is 21.1. The molecule has 0 aliphatic carbocycles. The maximum Gasteiger partial charge on any atom is 0.313 e. The highest BCUT2D eigenvalue weighted by atomic mass is 16.2. The topological polar surface area (TPSA) is 91.6 Å². The van der Waals surface area contributed by atoms with Crippen LogP contribution in [-0.4, -0.2) is 42.3 Å². The fourth-order valence-corrected chi connectivity index (χ4v) is 3.70. The number of anilines is 3. The third-order valence-electron chi connectivity index (χ3n) is 5.42. The summed E-state index contributed by atoms with van der Waals surface area (Å²) in [6, 6.07) is 9.74. The first-order valence-corrected chi connectivity index (χ1v) is 9.87. The van der Waals surface area contributed by atoms with Crippen molar-refractivity contribution < 1.29 is 9.59 Å². The number of benzene rings is 1. The number of nitrogens with one attached hydrogen (secondary N) is 1. The third kappa shape index (κ3) is 4.67. The minimum atomic E-state index is -0.654. The predicted octanol–water partition coefficient (Wildman–Crippen LogP) is 2.98. The summed E-state index contributed by atoms with van der Waals surface area (Å²) in [5.41, 5.74) is 9.06. The minimum Gasteiger partial charge on any atom is -0.383 e. The molecule has 3 rings (SSSR count). The lowest BCUT2D eigenvalue weighted by Crippen LogP contribution is -2.46. The Hall–Kier alpha value is -3.09. The summed E-state index contributed by atoms with van der Waals surface area (Å²) in [5, 5.41) is 2.67. The van der Waals surface area contributed by atoms with Gasteiger partial charge in [0.05, 0.1) is 17.9 Å². The number of amides is 2. The molecule has 2 atom stereocenters. The van der Waals surface area contributed by atoms with Crippen LogP contribution in [-0.2, 0) is 9.59 Å². The average Bonchev–Trinajstić information content (AvgIpc) is 2.70. The molecule has 0 radical (unpaired) electrons. The molecule has 7 heteroatoms. The molecular weight excluding hydrogens is 366 g/mol. The lowest BCUT2D eigenvalue weighted by Gasteiger charge is -2.38. The second-order valence-electron chi connectivity index (χ2n) is 8.03. The van der Waals surface area contributed by atoms with E-state index in [0.29, 0.717) is 24.0 Å². The summed E-state index contributed by atoms with van der Waals surface area (Å²) in [6.07, 6.45) is 3.31. The molecule has 2 aromatic rings. The van der Waals surface area contributed by atoms with Crippen LogP contribution in [0.4, 0.5) is 17.2 Å². The molecule has 0 bridgehead atoms. The molecular formula is C22H29N5O2. The Morgan fingerprint density at radius 2 is 2.00 bits per heavy atom. The number of aromatic nitrogens is 1. The summed E-state index contributed by atoms with van der Waals surface area (Å²) in [7, 11) is 3.97. The number of nitrogens with two attached hydrogens (primary N) is 1. The molecule has 29 heavy (non-hydrogen) atoms. The number of likely N-dealkylation sites (tertiary alicyclic amines) is 1. The van der Waals surface area contributed by atoms with Gasteiger partial charge in [0.2, 0.25) is 0 Å². The van der Waals surface area contributed by atoms with Gasteiger partial charge in [0, 0.05) is 26.3 Å². The summed E-state index contributed by atoms with van der Waals surface area (Å²) in [5.74, 6) is -0.425. The number of nitrogen functional groups attached to an aromatic ring is 1. The monoisotopic (exact) mass is 395 g/mol. The van der Waals surface area contributed by atoms with Gasteiger partial charge in [-0.15, -0.1) is 0 Å². The summed E-state index contributed by atoms with van der Waals surface area (Å²) < 4.78 is 0. The second kappa shape index (κ2) is 8.51. The van der Waals surface area contributed by atoms with Gasteiger partial charge in [0.15, 0.2) is 0 Å². The number of pyridine rings is 1. The van der Waals surface area contributed by atoms with Gasteiger partial charge in [-0.05, 0) is 55.0 Å². The number of rotatable bonds is 3. The zero-order valence-electron chi connectivity index (χ0n) is 17.5. The molecule has 3 N–H and O–H groups in total. The number of carbonyl (C=O) groups excluding carboxylic acids is 2. The van der Waals surface area contributed by atoms with E-state index in [2.05, 4.69) is 23.3 Å². The first-order chi connectivity index (χ1) is 13.8. The minimum absolute atomic E-state index is 0.115. The molecule has 154 valence electrons. The van der Waals surface area contributed by atoms with Crippen molar-refractivity contribution in [2.24, 2.45) is 5.92 Å². The largest absolute Gasteiger partial charge is 0.383 e. The highest BCUT2D eigenvalue weighted by Crippen LogP contribution is 2.34. The van der Waals surface area contributed by atoms with Crippen molar-refractivity contribution >= 4 is 29.0 Å². The van der Waals surface area contributed by atoms with Crippen LogP contribution in [0.25, 0.3) is 0 Å². The normalized spacial score (nSPS) is 19.0. The van der Waals surface area contributed by atoms with E-state index in [1.807, 2.05) is 37.2 Å². The van der Waals surface area contributed by atoms with Gasteiger partial charge in [0.1, 0.15) is 5.82 Å². The molecule has 1 fully saturated rings. The van der Waals surface area contributed by atoms with E-state index in [-0.39, 0.29) is 6.04 Å². The number of carbonyl (C=O) groups is 2. The molecule has 0 unspecified atom stereocenters. The van der Waals surface area contributed by atoms with E-state index >= 15 is 0 Å². The molecule has 2 amide bonds. The van der Waals surface area contributed by atoms with Crippen LogP contribution in [0, 0.1) is 12.8 Å². The quantitative estimate of drug-likeness (QED) is 0.780. The van der Waals surface area contributed by atoms with Crippen LogP contribution in [0.15, 0.2) is 36.5 Å². The molecule has 1 saturated heterocycles. The van der Waals surface area contributed by atoms with Gasteiger partial charge in [-0.1, -0.05) is 19.1 Å². The third-order valence-corrected chi connectivity index (χ3v) is 5.42. The zero-order valence-corrected chi connectivity index (χ0v) is 17.5. The van der Waals surface area contributed by atoms with Crippen molar-refractivity contribution in [1.29, 1.82) is 0 Å². The SMILES string of the molecule is Cc1cc(NC(=O)C(=O)N2C[C@@H](C)CC[C@@H]2c2cccc(N(C)C)c2)cnc1N. The molecule has 0 spiro atoms. The molecule has 1 aliphatic rings. The van der Waals surface area contributed by atoms with E-state index in [0.717, 1.165) is 29.7 Å². The highest BCUT2D eigenvalue weighted by Gasteiger charge is 2.34. The number of piperidine rings is 1. The average molecular weight is 396 g/mol. The lowest BCUT2D eigenvalue weighted by molar-refractivity contribution is -0.146. The van der Waals surface area contributed by atoms with Gasteiger partial charge in [-0.2, -0.15) is 0 Å². The molecule has 0 saturated carbocycles. The number of aryl methyl sites for hydroxylation is 1. The number of nitrogens with zero attached hydrogens (tertiary/aromatic N) is 3. The van der Waals surface area contributed by atoms with Crippen LogP contribution in [0.5, 0.6) is 0 Å². The van der Waals surface area contributed by atoms with Crippen LogP contribution in [0.1, 0.15) is 36.9 Å². The van der Waals surface area contributed by atoms with Gasteiger partial charge < -0.3 is 20.9 Å². The van der Waals surface area contributed by atoms with E-state index in [1.165, 1.54) is 6.20 Å². The standard InChI is InChI=1S/C22H29N5O2/c1-14-8-9-19(16-6-5-7-18(11-16)26(3)4)27(13-14)22(29)21(28)25-17-10-15(2)20(23)24-12-17/h5-7,10-12,14,19H,8-9,13H2,1-4H3,(H2,23,24)(H,25,28)/t14-,19+/m0/s1. The van der Waals surface area contributed by atoms with Crippen LogP contribution in [0.3, 0.4) is 0 Å². The first kappa shape index (κ1) is 20.6. The summed E-state index contributed by atoms with van der Waals surface area (Å²) in [4.78, 5) is 33.5. The maximum absolute atomic E-state index is 13.1. The van der Waals surface area contributed by atoms with Gasteiger partial charge in [0.25, 0.3) is 0 Å². The van der Waals surface area contributed by atoms with Crippen LogP contribution in [0.2, 0.25) is 0 Å². The second-order valence-corrected chi connectivity index (χ2v) is 8.03. The molecule has 1 aliphatic heterocycles. The summed E-state index contributed by atoms with van der Waals surface area (Å²) in [6.45, 7) is 4.47. The van der Waals surface area contributed by atoms with Crippen LogP contribution >= 0.6 is 0 Å². The van der Waals surface area contributed by atoms with Crippen molar-refractivity contribution in [2.75, 3.05) is 36.6 Å². The number of hydrogen-bond donors (Lipinski definition) is 2. The van der Waals surface area contributed by atoms with Crippen molar-refractivity contribution in [3.05, 3.63) is 47.7 Å². The summed E-state index contributed by atoms with van der Waals surface area (Å²) >= 11 is 0. The Bertz CT molecular complexity index is 912. The first-order valence-electron chi connectivity index (χ1n) is 9.87. The van der Waals surface area contributed by atoms with E-state index in [1.54, 1.807) is 17.9 Å². The van der Waals surface area contributed by atoms with E-state index in [4.69, 9.17) is 5.73 Å². The maximum atomic E-state index is 13.1. The molecule has 2 heterocycles. The van der Waals surface area contributed by atoms with Crippen molar-refractivity contribution in [2.45, 2.75) is 32.7 Å². The van der Waals surface area contributed by atoms with Gasteiger partial charge >= 0.3 is 11.8 Å². The highest BCUT2D eigenvalue weighted by molar-refractivity contribution is 6.39. The van der Waals surface area contributed by atoms with Crippen LogP contribution < -0.4 is 16.0 Å². The molecule has 1 aromatic heterocycles. The fourth-order valence-electron chi connectivity index (χ4n) is 3.70. The Morgan fingerprint density at radius 3 is 2.69 bits per heavy atom. The van der Waals surface area contributed by atoms with Gasteiger partial charge in [-0.3, -0.25) is 9.59 Å². The van der Waals surface area contributed by atoms with E-state index < -0.39 is 11.8 Å². The van der Waals surface area contributed by atoms with Crippen molar-refractivity contribution in [3.8, 4) is 0 Å². The number of hydrogen-bond acceptors (Lipinski definition) is 5. The Kier molecular flexibility index (Phi) is 6.06. The van der Waals surface area contributed by atoms with Crippen molar-refractivity contribution in [1.82, 2.24) is 9.88 Å². The lowest BCUT2D eigenvalue weighted by atomic mass is 9.89.